The normalized spacial score (nSPS) is 16.3. The van der Waals surface area contributed by atoms with Gasteiger partial charge < -0.3 is 14.9 Å². The maximum atomic E-state index is 13.8. The van der Waals surface area contributed by atoms with E-state index in [1.165, 1.54) is 13.0 Å². The van der Waals surface area contributed by atoms with Crippen molar-refractivity contribution in [1.82, 2.24) is 4.90 Å². The van der Waals surface area contributed by atoms with Crippen molar-refractivity contribution in [2.24, 2.45) is 0 Å². The summed E-state index contributed by atoms with van der Waals surface area (Å²) in [5.74, 6) is -0.399. The number of carbonyl (C=O) groups is 1. The lowest BCUT2D eigenvalue weighted by molar-refractivity contribution is -0.128. The van der Waals surface area contributed by atoms with Crippen LogP contribution >= 0.6 is 0 Å². The van der Waals surface area contributed by atoms with Crippen LogP contribution in [-0.4, -0.2) is 42.6 Å². The van der Waals surface area contributed by atoms with Gasteiger partial charge >= 0.3 is 0 Å². The Labute approximate surface area is 118 Å². The van der Waals surface area contributed by atoms with Crippen molar-refractivity contribution in [2.75, 3.05) is 31.6 Å². The average molecular weight is 280 g/mol. The highest BCUT2D eigenvalue weighted by molar-refractivity contribution is 5.82. The van der Waals surface area contributed by atoms with E-state index in [2.05, 4.69) is 0 Å². The van der Waals surface area contributed by atoms with Crippen LogP contribution < -0.4 is 4.90 Å². The molecule has 0 radical (unpaired) electrons. The largest absolute Gasteiger partial charge is 0.389 e. The molecule has 1 aromatic carbocycles. The molecule has 0 aromatic heterocycles. The molecular formula is C15H21FN2O2. The Balaban J connectivity index is 2.14. The molecule has 1 fully saturated rings. The van der Waals surface area contributed by atoms with Gasteiger partial charge in [-0.2, -0.15) is 0 Å². The summed E-state index contributed by atoms with van der Waals surface area (Å²) in [6.45, 7) is 3.33. The topological polar surface area (TPSA) is 43.8 Å². The first kappa shape index (κ1) is 14.8. The molecule has 5 heteroatoms. The molecule has 0 bridgehead atoms. The Morgan fingerprint density at radius 3 is 2.70 bits per heavy atom. The van der Waals surface area contributed by atoms with E-state index in [9.17, 15) is 14.3 Å². The van der Waals surface area contributed by atoms with Gasteiger partial charge in [-0.25, -0.2) is 4.39 Å². The molecule has 0 saturated carbocycles. The van der Waals surface area contributed by atoms with E-state index in [4.69, 9.17) is 0 Å². The summed E-state index contributed by atoms with van der Waals surface area (Å²) < 4.78 is 13.8. The van der Waals surface area contributed by atoms with Gasteiger partial charge in [-0.15, -0.1) is 0 Å². The number of halogens is 1. The second kappa shape index (κ2) is 6.22. The van der Waals surface area contributed by atoms with Gasteiger partial charge in [-0.05, 0) is 31.9 Å². The van der Waals surface area contributed by atoms with Gasteiger partial charge in [0.2, 0.25) is 5.91 Å². The van der Waals surface area contributed by atoms with Crippen molar-refractivity contribution < 1.29 is 14.3 Å². The Morgan fingerprint density at radius 1 is 1.45 bits per heavy atom. The molecule has 1 aromatic rings. The van der Waals surface area contributed by atoms with Crippen LogP contribution in [0.5, 0.6) is 0 Å². The average Bonchev–Trinajstić information content (AvgIpc) is 2.91. The monoisotopic (exact) mass is 280 g/mol. The first-order chi connectivity index (χ1) is 9.50. The van der Waals surface area contributed by atoms with E-state index in [-0.39, 0.29) is 18.0 Å². The lowest BCUT2D eigenvalue weighted by atomic mass is 10.1. The molecule has 0 spiro atoms. The molecular weight excluding hydrogens is 259 g/mol. The first-order valence-corrected chi connectivity index (χ1v) is 6.96. The van der Waals surface area contributed by atoms with Gasteiger partial charge in [0, 0.05) is 31.4 Å². The standard InChI is InChI=1S/C15H21FN2O2/c1-11(19)15-12(16)6-5-7-13(15)17(2)10-14(20)18-8-3-4-9-18/h5-7,11,19H,3-4,8-10H2,1-2H3. The first-order valence-electron chi connectivity index (χ1n) is 6.96. The summed E-state index contributed by atoms with van der Waals surface area (Å²) in [6, 6.07) is 4.64. The quantitative estimate of drug-likeness (QED) is 0.916. The minimum atomic E-state index is -0.907. The Morgan fingerprint density at radius 2 is 2.10 bits per heavy atom. The number of hydrogen-bond acceptors (Lipinski definition) is 3. The molecule has 1 N–H and O–H groups in total. The fourth-order valence-corrected chi connectivity index (χ4v) is 2.63. The third-order valence-electron chi connectivity index (χ3n) is 3.69. The fourth-order valence-electron chi connectivity index (χ4n) is 2.63. The second-order valence-electron chi connectivity index (χ2n) is 5.29. The smallest absolute Gasteiger partial charge is 0.242 e. The van der Waals surface area contributed by atoms with Crippen LogP contribution in [0.2, 0.25) is 0 Å². The number of hydrogen-bond donors (Lipinski definition) is 1. The van der Waals surface area contributed by atoms with Gasteiger partial charge in [0.05, 0.1) is 12.6 Å². The number of aliphatic hydroxyl groups is 1. The van der Waals surface area contributed by atoms with E-state index >= 15 is 0 Å². The molecule has 4 nitrogen and oxygen atoms in total. The third kappa shape index (κ3) is 3.10. The highest BCUT2D eigenvalue weighted by Crippen LogP contribution is 2.28. The Bertz CT molecular complexity index is 485. The van der Waals surface area contributed by atoms with Crippen LogP contribution in [0.4, 0.5) is 10.1 Å². The van der Waals surface area contributed by atoms with Gasteiger partial charge in [0.15, 0.2) is 0 Å². The van der Waals surface area contributed by atoms with Gasteiger partial charge in [-0.3, -0.25) is 4.79 Å². The molecule has 2 rings (SSSR count). The number of nitrogens with zero attached hydrogens (tertiary/aromatic N) is 2. The molecule has 0 aliphatic carbocycles. The Hall–Kier alpha value is -1.62. The number of anilines is 1. The predicted molar refractivity (Wildman–Crippen MR) is 76.1 cm³/mol. The number of benzene rings is 1. The minimum absolute atomic E-state index is 0.0470. The number of aliphatic hydroxyl groups excluding tert-OH is 1. The van der Waals surface area contributed by atoms with Crippen molar-refractivity contribution in [3.8, 4) is 0 Å². The number of carbonyl (C=O) groups excluding carboxylic acids is 1. The predicted octanol–water partition coefficient (Wildman–Crippen LogP) is 1.94. The van der Waals surface area contributed by atoms with E-state index in [0.29, 0.717) is 5.69 Å². The zero-order valence-corrected chi connectivity index (χ0v) is 12.0. The molecule has 1 atom stereocenters. The zero-order chi connectivity index (χ0) is 14.7. The maximum Gasteiger partial charge on any atom is 0.242 e. The highest BCUT2D eigenvalue weighted by Gasteiger charge is 2.22. The summed E-state index contributed by atoms with van der Waals surface area (Å²) >= 11 is 0. The van der Waals surface area contributed by atoms with Crippen LogP contribution in [0.3, 0.4) is 0 Å². The van der Waals surface area contributed by atoms with Crippen LogP contribution in [0, 0.1) is 5.82 Å². The maximum absolute atomic E-state index is 13.8. The SMILES string of the molecule is CC(O)c1c(F)cccc1N(C)CC(=O)N1CCCC1. The molecule has 1 amide bonds. The molecule has 20 heavy (non-hydrogen) atoms. The number of amides is 1. The molecule has 1 unspecified atom stereocenters. The molecule has 1 aliphatic rings. The Kier molecular flexibility index (Phi) is 4.60. The number of likely N-dealkylation sites (tertiary alicyclic amines) is 1. The summed E-state index contributed by atoms with van der Waals surface area (Å²) in [6.07, 6.45) is 1.19. The van der Waals surface area contributed by atoms with Crippen molar-refractivity contribution in [2.45, 2.75) is 25.9 Å². The lowest BCUT2D eigenvalue weighted by Gasteiger charge is -2.25. The number of rotatable bonds is 4. The third-order valence-corrected chi connectivity index (χ3v) is 3.69. The van der Waals surface area contributed by atoms with Crippen molar-refractivity contribution in [3.05, 3.63) is 29.6 Å². The lowest BCUT2D eigenvalue weighted by Crippen LogP contribution is -2.37. The number of likely N-dealkylation sites (N-methyl/N-ethyl adjacent to an activating group) is 1. The van der Waals surface area contributed by atoms with E-state index < -0.39 is 11.9 Å². The van der Waals surface area contributed by atoms with E-state index in [1.807, 2.05) is 4.90 Å². The molecule has 1 heterocycles. The molecule has 1 saturated heterocycles. The fraction of sp³-hybridized carbons (Fsp3) is 0.533. The summed E-state index contributed by atoms with van der Waals surface area (Å²) in [7, 11) is 1.74. The van der Waals surface area contributed by atoms with Crippen molar-refractivity contribution in [1.29, 1.82) is 0 Å². The van der Waals surface area contributed by atoms with Gasteiger partial charge in [-0.1, -0.05) is 6.07 Å². The van der Waals surface area contributed by atoms with Gasteiger partial charge in [0.1, 0.15) is 5.82 Å². The van der Waals surface area contributed by atoms with Crippen molar-refractivity contribution >= 4 is 11.6 Å². The van der Waals surface area contributed by atoms with E-state index in [1.54, 1.807) is 24.1 Å². The summed E-state index contributed by atoms with van der Waals surface area (Å²) in [5, 5.41) is 9.72. The van der Waals surface area contributed by atoms with Crippen molar-refractivity contribution in [3.63, 3.8) is 0 Å². The zero-order valence-electron chi connectivity index (χ0n) is 12.0. The second-order valence-corrected chi connectivity index (χ2v) is 5.29. The van der Waals surface area contributed by atoms with Gasteiger partial charge in [0.25, 0.3) is 0 Å². The van der Waals surface area contributed by atoms with E-state index in [0.717, 1.165) is 25.9 Å². The van der Waals surface area contributed by atoms with Crippen LogP contribution in [-0.2, 0) is 4.79 Å². The van der Waals surface area contributed by atoms with Crippen LogP contribution in [0.25, 0.3) is 0 Å². The summed E-state index contributed by atoms with van der Waals surface area (Å²) in [5.41, 5.74) is 0.803. The van der Waals surface area contributed by atoms with Crippen LogP contribution in [0.1, 0.15) is 31.4 Å². The van der Waals surface area contributed by atoms with Crippen LogP contribution in [0.15, 0.2) is 18.2 Å². The molecule has 110 valence electrons. The highest BCUT2D eigenvalue weighted by atomic mass is 19.1. The minimum Gasteiger partial charge on any atom is -0.389 e. The molecule has 1 aliphatic heterocycles. The summed E-state index contributed by atoms with van der Waals surface area (Å²) in [4.78, 5) is 15.7.